The van der Waals surface area contributed by atoms with Crippen LogP contribution in [0.2, 0.25) is 0 Å². The maximum atomic E-state index is 13.5. The van der Waals surface area contributed by atoms with Crippen molar-refractivity contribution in [1.29, 1.82) is 0 Å². The largest absolute Gasteiger partial charge is 0.355 e. The Morgan fingerprint density at radius 2 is 1.88 bits per heavy atom. The quantitative estimate of drug-likeness (QED) is 0.234. The van der Waals surface area contributed by atoms with E-state index in [2.05, 4.69) is 17.2 Å². The van der Waals surface area contributed by atoms with Gasteiger partial charge in [0.1, 0.15) is 11.0 Å². The van der Waals surface area contributed by atoms with Gasteiger partial charge in [-0.1, -0.05) is 73.1 Å². The average Bonchev–Trinajstić information content (AvgIpc) is 3.24. The smallest absolute Gasteiger partial charge is 0.283 e. The molecule has 2 heterocycles. The highest BCUT2D eigenvalue weighted by Crippen LogP contribution is 2.28. The van der Waals surface area contributed by atoms with E-state index in [9.17, 15) is 9.59 Å². The minimum absolute atomic E-state index is 0.0643. The number of benzene rings is 2. The molecule has 0 unspecified atom stereocenters. The molecule has 2 aromatic carbocycles. The first-order valence-electron chi connectivity index (χ1n) is 10.7. The third-order valence-corrected chi connectivity index (χ3v) is 6.17. The van der Waals surface area contributed by atoms with E-state index in [4.69, 9.17) is 4.98 Å². The van der Waals surface area contributed by atoms with Crippen LogP contribution in [0.15, 0.2) is 70.7 Å². The van der Waals surface area contributed by atoms with E-state index in [-0.39, 0.29) is 17.2 Å². The summed E-state index contributed by atoms with van der Waals surface area (Å²) in [5.74, 6) is 0.129. The van der Waals surface area contributed by atoms with Crippen molar-refractivity contribution in [3.63, 3.8) is 0 Å². The van der Waals surface area contributed by atoms with Crippen LogP contribution in [0, 0.1) is 6.92 Å². The molecule has 0 aliphatic rings. The van der Waals surface area contributed by atoms with Crippen LogP contribution in [0.4, 0.5) is 0 Å². The van der Waals surface area contributed by atoms with Crippen LogP contribution < -0.4 is 10.9 Å². The monoisotopic (exact) mass is 446 g/mol. The summed E-state index contributed by atoms with van der Waals surface area (Å²) in [5.41, 5.74) is 4.54. The van der Waals surface area contributed by atoms with Crippen molar-refractivity contribution in [3.8, 4) is 16.8 Å². The molecule has 0 saturated carbocycles. The average molecular weight is 447 g/mol. The lowest BCUT2D eigenvalue weighted by Gasteiger charge is -2.13. The molecule has 32 heavy (non-hydrogen) atoms. The van der Waals surface area contributed by atoms with Gasteiger partial charge in [0, 0.05) is 18.3 Å². The van der Waals surface area contributed by atoms with Gasteiger partial charge in [0.25, 0.3) is 5.56 Å². The Kier molecular flexibility index (Phi) is 6.75. The molecule has 0 atom stereocenters. The lowest BCUT2D eigenvalue weighted by molar-refractivity contribution is -0.118. The number of unbranched alkanes of at least 4 members (excludes halogenated alkanes) is 1. The summed E-state index contributed by atoms with van der Waals surface area (Å²) >= 11 is 1.27. The number of aromatic amines is 1. The Morgan fingerprint density at radius 1 is 1.12 bits per heavy atom. The number of aromatic nitrogens is 3. The Morgan fingerprint density at radius 3 is 2.59 bits per heavy atom. The molecule has 2 aromatic heterocycles. The fourth-order valence-corrected chi connectivity index (χ4v) is 4.32. The van der Waals surface area contributed by atoms with Crippen LogP contribution in [0.3, 0.4) is 0 Å². The molecule has 4 aromatic rings. The number of aryl methyl sites for hydroxylation is 1. The molecule has 0 saturated heterocycles. The first-order chi connectivity index (χ1) is 15.6. The number of rotatable bonds is 8. The molecule has 1 amide bonds. The summed E-state index contributed by atoms with van der Waals surface area (Å²) in [7, 11) is 0. The second-order valence-electron chi connectivity index (χ2n) is 7.65. The summed E-state index contributed by atoms with van der Waals surface area (Å²) in [6.45, 7) is 4.74. The minimum Gasteiger partial charge on any atom is -0.355 e. The predicted octanol–water partition coefficient (Wildman–Crippen LogP) is 4.70. The molecule has 0 radical (unpaired) electrons. The van der Waals surface area contributed by atoms with Crippen molar-refractivity contribution in [3.05, 3.63) is 76.7 Å². The number of thioether (sulfide) groups is 1. The highest BCUT2D eigenvalue weighted by Gasteiger charge is 2.18. The molecule has 0 aliphatic heterocycles. The van der Waals surface area contributed by atoms with E-state index < -0.39 is 0 Å². The number of H-pyrrole nitrogens is 1. The number of hydrogen-bond donors (Lipinski definition) is 2. The van der Waals surface area contributed by atoms with Gasteiger partial charge in [0.2, 0.25) is 5.91 Å². The molecular weight excluding hydrogens is 420 g/mol. The molecular formula is C25H26N4O2S. The highest BCUT2D eigenvalue weighted by molar-refractivity contribution is 7.99. The Hall–Kier alpha value is -3.32. The zero-order valence-corrected chi connectivity index (χ0v) is 19.0. The van der Waals surface area contributed by atoms with Crippen molar-refractivity contribution < 1.29 is 4.79 Å². The molecule has 7 heteroatoms. The highest BCUT2D eigenvalue weighted by atomic mass is 32.2. The van der Waals surface area contributed by atoms with E-state index in [1.807, 2.05) is 67.7 Å². The van der Waals surface area contributed by atoms with Crippen LogP contribution in [-0.4, -0.2) is 32.7 Å². The summed E-state index contributed by atoms with van der Waals surface area (Å²) in [6.07, 6.45) is 3.78. The topological polar surface area (TPSA) is 79.8 Å². The van der Waals surface area contributed by atoms with Crippen LogP contribution in [0.25, 0.3) is 27.8 Å². The molecule has 2 N–H and O–H groups in total. The van der Waals surface area contributed by atoms with Gasteiger partial charge >= 0.3 is 0 Å². The van der Waals surface area contributed by atoms with Gasteiger partial charge in [-0.25, -0.2) is 4.98 Å². The number of hydrogen-bond acceptors (Lipinski definition) is 4. The zero-order valence-electron chi connectivity index (χ0n) is 18.2. The van der Waals surface area contributed by atoms with Gasteiger partial charge in [-0.15, -0.1) is 0 Å². The van der Waals surface area contributed by atoms with Crippen molar-refractivity contribution in [1.82, 2.24) is 19.9 Å². The molecule has 0 aliphatic carbocycles. The van der Waals surface area contributed by atoms with Crippen molar-refractivity contribution >= 4 is 28.7 Å². The second kappa shape index (κ2) is 9.87. The van der Waals surface area contributed by atoms with Crippen LogP contribution in [0.5, 0.6) is 0 Å². The molecule has 4 rings (SSSR count). The van der Waals surface area contributed by atoms with E-state index in [1.54, 1.807) is 4.57 Å². The molecule has 0 fully saturated rings. The molecule has 164 valence electrons. The number of carbonyl (C=O) groups excluding carboxylic acids is 1. The fraction of sp³-hybridized carbons (Fsp3) is 0.240. The van der Waals surface area contributed by atoms with Gasteiger partial charge < -0.3 is 10.3 Å². The standard InChI is InChI=1S/C25H26N4O2S/c1-3-4-14-26-21(30)16-32-25-28-22-20(18-8-6-5-7-9-18)15-27-23(22)24(31)29(25)19-12-10-17(2)11-13-19/h5-13,15,27H,3-4,14,16H2,1-2H3,(H,26,30). The Balaban J connectivity index is 1.78. The van der Waals surface area contributed by atoms with E-state index in [0.717, 1.165) is 35.2 Å². The normalized spacial score (nSPS) is 11.1. The number of nitrogens with one attached hydrogen (secondary N) is 2. The maximum Gasteiger partial charge on any atom is 0.283 e. The zero-order chi connectivity index (χ0) is 22.5. The number of carbonyl (C=O) groups is 1. The molecule has 0 bridgehead atoms. The minimum atomic E-state index is -0.185. The number of fused-ring (bicyclic) bond motifs is 1. The van der Waals surface area contributed by atoms with Gasteiger partial charge in [-0.3, -0.25) is 14.2 Å². The third kappa shape index (κ3) is 4.62. The lowest BCUT2D eigenvalue weighted by Crippen LogP contribution is -2.27. The van der Waals surface area contributed by atoms with Crippen LogP contribution in [-0.2, 0) is 4.79 Å². The lowest BCUT2D eigenvalue weighted by atomic mass is 10.1. The summed E-state index contributed by atoms with van der Waals surface area (Å²) in [5, 5.41) is 3.42. The fourth-order valence-electron chi connectivity index (χ4n) is 3.48. The van der Waals surface area contributed by atoms with Crippen LogP contribution >= 0.6 is 11.8 Å². The van der Waals surface area contributed by atoms with Gasteiger partial charge in [0.05, 0.1) is 11.4 Å². The Labute approximate surface area is 191 Å². The first-order valence-corrected chi connectivity index (χ1v) is 11.7. The van der Waals surface area contributed by atoms with Gasteiger partial charge in [0.15, 0.2) is 5.16 Å². The van der Waals surface area contributed by atoms with E-state index in [0.29, 0.717) is 22.7 Å². The van der Waals surface area contributed by atoms with Crippen molar-refractivity contribution in [2.45, 2.75) is 31.8 Å². The summed E-state index contributed by atoms with van der Waals surface area (Å²) in [4.78, 5) is 33.8. The summed E-state index contributed by atoms with van der Waals surface area (Å²) < 4.78 is 1.58. The van der Waals surface area contributed by atoms with Gasteiger partial charge in [-0.2, -0.15) is 0 Å². The number of amides is 1. The SMILES string of the molecule is CCCCNC(=O)CSc1nc2c(-c3ccccc3)c[nH]c2c(=O)n1-c1ccc(C)cc1. The third-order valence-electron chi connectivity index (χ3n) is 5.23. The molecule has 6 nitrogen and oxygen atoms in total. The maximum absolute atomic E-state index is 13.5. The van der Waals surface area contributed by atoms with Crippen LogP contribution in [0.1, 0.15) is 25.3 Å². The van der Waals surface area contributed by atoms with E-state index in [1.165, 1.54) is 11.8 Å². The Bertz CT molecular complexity index is 1280. The van der Waals surface area contributed by atoms with Crippen molar-refractivity contribution in [2.75, 3.05) is 12.3 Å². The van der Waals surface area contributed by atoms with Gasteiger partial charge in [-0.05, 0) is 31.0 Å². The molecule has 0 spiro atoms. The second-order valence-corrected chi connectivity index (χ2v) is 8.60. The predicted molar refractivity (Wildman–Crippen MR) is 131 cm³/mol. The van der Waals surface area contributed by atoms with Crippen molar-refractivity contribution in [2.24, 2.45) is 0 Å². The van der Waals surface area contributed by atoms with E-state index >= 15 is 0 Å². The first kappa shape index (κ1) is 21.9. The summed E-state index contributed by atoms with van der Waals surface area (Å²) in [6, 6.07) is 17.6. The number of nitrogens with zero attached hydrogens (tertiary/aromatic N) is 2.